The molecule has 4 heteroatoms. The third-order valence-corrected chi connectivity index (χ3v) is 3.97. The van der Waals surface area contributed by atoms with E-state index in [1.54, 1.807) is 7.11 Å². The van der Waals surface area contributed by atoms with E-state index in [4.69, 9.17) is 14.2 Å². The van der Waals surface area contributed by atoms with Crippen LogP contribution in [0.25, 0.3) is 0 Å². The molecule has 1 aliphatic heterocycles. The molecule has 18 heavy (non-hydrogen) atoms. The zero-order chi connectivity index (χ0) is 12.9. The van der Waals surface area contributed by atoms with E-state index in [9.17, 15) is 4.79 Å². The summed E-state index contributed by atoms with van der Waals surface area (Å²) in [5.41, 5.74) is -0.531. The van der Waals surface area contributed by atoms with Crippen molar-refractivity contribution in [3.8, 4) is 0 Å². The number of carbonyl (C=O) groups is 1. The highest BCUT2D eigenvalue weighted by atomic mass is 16.6. The maximum Gasteiger partial charge on any atom is 0.313 e. The van der Waals surface area contributed by atoms with E-state index in [1.165, 1.54) is 0 Å². The molecular formula is C14H18O4. The van der Waals surface area contributed by atoms with E-state index in [0.717, 1.165) is 12.2 Å². The van der Waals surface area contributed by atoms with Crippen LogP contribution >= 0.6 is 0 Å². The number of hydrogen-bond acceptors (Lipinski definition) is 4. The lowest BCUT2D eigenvalue weighted by Crippen LogP contribution is -2.33. The molecule has 0 unspecified atom stereocenters. The van der Waals surface area contributed by atoms with Gasteiger partial charge in [0.15, 0.2) is 0 Å². The molecule has 0 aromatic rings. The van der Waals surface area contributed by atoms with Crippen molar-refractivity contribution in [2.24, 2.45) is 11.8 Å². The molecular weight excluding hydrogens is 232 g/mol. The van der Waals surface area contributed by atoms with E-state index in [2.05, 4.69) is 0 Å². The predicted molar refractivity (Wildman–Crippen MR) is 64.7 cm³/mol. The first-order valence-corrected chi connectivity index (χ1v) is 6.40. The molecule has 0 aromatic carbocycles. The van der Waals surface area contributed by atoms with Gasteiger partial charge in [-0.25, -0.2) is 0 Å². The molecule has 1 heterocycles. The van der Waals surface area contributed by atoms with Crippen LogP contribution in [0, 0.1) is 11.8 Å². The lowest BCUT2D eigenvalue weighted by molar-refractivity contribution is -0.159. The molecule has 98 valence electrons. The average molecular weight is 250 g/mol. The quantitative estimate of drug-likeness (QED) is 0.666. The Labute approximate surface area is 107 Å². The summed E-state index contributed by atoms with van der Waals surface area (Å²) in [5, 5.41) is 0. The Bertz CT molecular complexity index is 439. The minimum Gasteiger partial charge on any atom is -0.497 e. The Morgan fingerprint density at radius 3 is 2.89 bits per heavy atom. The summed E-state index contributed by atoms with van der Waals surface area (Å²) in [6, 6.07) is 0. The van der Waals surface area contributed by atoms with Crippen LogP contribution in [-0.4, -0.2) is 30.9 Å². The highest BCUT2D eigenvalue weighted by Crippen LogP contribution is 2.59. The maximum absolute atomic E-state index is 12.1. The number of carbonyl (C=O) groups excluding carboxylic acids is 1. The van der Waals surface area contributed by atoms with Gasteiger partial charge in [-0.15, -0.1) is 0 Å². The van der Waals surface area contributed by atoms with Gasteiger partial charge >= 0.3 is 5.97 Å². The van der Waals surface area contributed by atoms with Crippen molar-refractivity contribution in [1.82, 2.24) is 0 Å². The Morgan fingerprint density at radius 1 is 1.39 bits per heavy atom. The minimum absolute atomic E-state index is 0.0708. The highest BCUT2D eigenvalue weighted by Gasteiger charge is 2.70. The van der Waals surface area contributed by atoms with Crippen molar-refractivity contribution < 1.29 is 19.0 Å². The number of methoxy groups -OCH3 is 1. The van der Waals surface area contributed by atoms with Crippen molar-refractivity contribution in [2.75, 3.05) is 7.11 Å². The molecule has 0 aromatic heterocycles. The number of allylic oxidation sites excluding steroid dienone is 1. The second kappa shape index (κ2) is 3.85. The SMILES string of the molecule is COC1=C[C@]23O[C@@H](C)C[C@@H](C)OC(=O)[C@H]2[C@@H]3C=C1. The summed E-state index contributed by atoms with van der Waals surface area (Å²) in [6.07, 6.45) is 6.53. The lowest BCUT2D eigenvalue weighted by Gasteiger charge is -2.27. The molecule has 0 amide bonds. The molecule has 3 aliphatic rings. The van der Waals surface area contributed by atoms with Gasteiger partial charge in [-0.05, 0) is 26.0 Å². The molecule has 0 radical (unpaired) electrons. The van der Waals surface area contributed by atoms with Crippen LogP contribution in [0.3, 0.4) is 0 Å². The Morgan fingerprint density at radius 2 is 2.17 bits per heavy atom. The van der Waals surface area contributed by atoms with Crippen LogP contribution < -0.4 is 0 Å². The minimum atomic E-state index is -0.531. The first kappa shape index (κ1) is 11.8. The van der Waals surface area contributed by atoms with E-state index >= 15 is 0 Å². The average Bonchev–Trinajstić information content (AvgIpc) is 2.93. The van der Waals surface area contributed by atoms with Crippen LogP contribution in [-0.2, 0) is 19.0 Å². The van der Waals surface area contributed by atoms with Crippen molar-refractivity contribution >= 4 is 5.97 Å². The summed E-state index contributed by atoms with van der Waals surface area (Å²) in [4.78, 5) is 12.1. The topological polar surface area (TPSA) is 44.8 Å². The number of ether oxygens (including phenoxy) is 3. The summed E-state index contributed by atoms with van der Waals surface area (Å²) >= 11 is 0. The Balaban J connectivity index is 1.93. The van der Waals surface area contributed by atoms with Crippen LogP contribution in [0.1, 0.15) is 20.3 Å². The summed E-state index contributed by atoms with van der Waals surface area (Å²) in [7, 11) is 1.62. The van der Waals surface area contributed by atoms with Crippen LogP contribution in [0.5, 0.6) is 0 Å². The van der Waals surface area contributed by atoms with Gasteiger partial charge < -0.3 is 14.2 Å². The molecule has 1 saturated heterocycles. The normalized spacial score (nSPS) is 45.9. The summed E-state index contributed by atoms with van der Waals surface area (Å²) in [6.45, 7) is 3.93. The summed E-state index contributed by atoms with van der Waals surface area (Å²) in [5.74, 6) is 0.475. The zero-order valence-corrected chi connectivity index (χ0v) is 10.9. The smallest absolute Gasteiger partial charge is 0.313 e. The van der Waals surface area contributed by atoms with Gasteiger partial charge in [0.2, 0.25) is 0 Å². The van der Waals surface area contributed by atoms with Gasteiger partial charge in [0.1, 0.15) is 17.5 Å². The highest BCUT2D eigenvalue weighted by molar-refractivity contribution is 5.81. The zero-order valence-electron chi connectivity index (χ0n) is 10.9. The van der Waals surface area contributed by atoms with Crippen molar-refractivity contribution in [3.63, 3.8) is 0 Å². The largest absolute Gasteiger partial charge is 0.497 e. The van der Waals surface area contributed by atoms with E-state index in [0.29, 0.717) is 0 Å². The molecule has 4 nitrogen and oxygen atoms in total. The standard InChI is InChI=1S/C14H18O4/c1-8-6-9(2)18-14-7-10(16-3)4-5-11(14)12(14)13(15)17-8/h4-5,7-9,11-12H,6H2,1-3H3/t8-,9+,11+,12-,14-/m1/s1. The molecule has 0 bridgehead atoms. The van der Waals surface area contributed by atoms with Gasteiger partial charge in [-0.3, -0.25) is 4.79 Å². The Hall–Kier alpha value is -1.29. The molecule has 3 rings (SSSR count). The fourth-order valence-electron chi connectivity index (χ4n) is 3.15. The van der Waals surface area contributed by atoms with E-state index in [1.807, 2.05) is 32.1 Å². The van der Waals surface area contributed by atoms with Gasteiger partial charge in [0, 0.05) is 12.3 Å². The first-order chi connectivity index (χ1) is 8.56. The molecule has 5 atom stereocenters. The number of cyclic esters (lactones) is 1. The van der Waals surface area contributed by atoms with Crippen molar-refractivity contribution in [2.45, 2.75) is 38.1 Å². The van der Waals surface area contributed by atoms with Crippen molar-refractivity contribution in [3.05, 3.63) is 24.0 Å². The van der Waals surface area contributed by atoms with Crippen molar-refractivity contribution in [1.29, 1.82) is 0 Å². The maximum atomic E-state index is 12.1. The lowest BCUT2D eigenvalue weighted by atomic mass is 10.1. The molecule has 2 aliphatic carbocycles. The van der Waals surface area contributed by atoms with Gasteiger partial charge in [-0.2, -0.15) is 0 Å². The van der Waals surface area contributed by atoms with Gasteiger partial charge in [-0.1, -0.05) is 6.08 Å². The predicted octanol–water partition coefficient (Wildman–Crippen LogP) is 1.81. The molecule has 2 fully saturated rings. The van der Waals surface area contributed by atoms with E-state index < -0.39 is 5.60 Å². The van der Waals surface area contributed by atoms with Gasteiger partial charge in [0.25, 0.3) is 0 Å². The van der Waals surface area contributed by atoms with Gasteiger partial charge in [0.05, 0.1) is 19.1 Å². The third kappa shape index (κ3) is 1.59. The van der Waals surface area contributed by atoms with E-state index in [-0.39, 0.29) is 30.0 Å². The monoisotopic (exact) mass is 250 g/mol. The molecule has 1 saturated carbocycles. The second-order valence-corrected chi connectivity index (χ2v) is 5.38. The second-order valence-electron chi connectivity index (χ2n) is 5.38. The fraction of sp³-hybridized carbons (Fsp3) is 0.643. The number of fused-ring (bicyclic) bond motifs is 1. The number of hydrogen-bond donors (Lipinski definition) is 0. The Kier molecular flexibility index (Phi) is 2.52. The first-order valence-electron chi connectivity index (χ1n) is 6.40. The number of esters is 1. The fourth-order valence-corrected chi connectivity index (χ4v) is 3.15. The molecule has 0 N–H and O–H groups in total. The summed E-state index contributed by atoms with van der Waals surface area (Å²) < 4.78 is 16.8. The third-order valence-electron chi connectivity index (χ3n) is 3.97. The molecule has 1 spiro atoms. The van der Waals surface area contributed by atoms with Crippen LogP contribution in [0.4, 0.5) is 0 Å². The van der Waals surface area contributed by atoms with Crippen LogP contribution in [0.15, 0.2) is 24.0 Å². The van der Waals surface area contributed by atoms with Crippen LogP contribution in [0.2, 0.25) is 0 Å². The number of rotatable bonds is 1.